The molecular formula is C20H22N2O7S. The van der Waals surface area contributed by atoms with Crippen molar-refractivity contribution in [3.8, 4) is 11.5 Å². The number of carbonyl (C=O) groups is 1. The van der Waals surface area contributed by atoms with Crippen LogP contribution in [0.2, 0.25) is 0 Å². The van der Waals surface area contributed by atoms with Gasteiger partial charge in [0, 0.05) is 19.2 Å². The fourth-order valence-corrected chi connectivity index (χ4v) is 4.79. The fourth-order valence-electron chi connectivity index (χ4n) is 3.25. The Balaban J connectivity index is 1.92. The van der Waals surface area contributed by atoms with Crippen molar-refractivity contribution < 1.29 is 27.6 Å². The molecule has 10 heteroatoms. The van der Waals surface area contributed by atoms with E-state index in [-0.39, 0.29) is 22.0 Å². The summed E-state index contributed by atoms with van der Waals surface area (Å²) >= 11 is 0. The highest BCUT2D eigenvalue weighted by Gasteiger charge is 2.28. The van der Waals surface area contributed by atoms with Crippen LogP contribution < -0.4 is 4.74 Å². The number of nitro benzene ring substituents is 1. The van der Waals surface area contributed by atoms with E-state index in [1.54, 1.807) is 6.07 Å². The molecule has 1 aliphatic rings. The summed E-state index contributed by atoms with van der Waals surface area (Å²) in [6.45, 7) is 0.795. The molecule has 30 heavy (non-hydrogen) atoms. The lowest BCUT2D eigenvalue weighted by Crippen LogP contribution is -2.31. The molecule has 3 rings (SSSR count). The Hall–Kier alpha value is -2.98. The summed E-state index contributed by atoms with van der Waals surface area (Å²) in [6.07, 6.45) is 3.45. The van der Waals surface area contributed by atoms with Gasteiger partial charge in [0.1, 0.15) is 5.75 Å². The summed E-state index contributed by atoms with van der Waals surface area (Å²) in [7, 11) is -2.60. The molecule has 160 valence electrons. The van der Waals surface area contributed by atoms with Gasteiger partial charge in [0.05, 0.1) is 22.5 Å². The third-order valence-electron chi connectivity index (χ3n) is 4.81. The molecule has 0 unspecified atom stereocenters. The van der Waals surface area contributed by atoms with E-state index in [0.717, 1.165) is 31.7 Å². The molecule has 1 saturated heterocycles. The van der Waals surface area contributed by atoms with Gasteiger partial charge in [-0.15, -0.1) is 0 Å². The minimum Gasteiger partial charge on any atom is -0.465 e. The molecule has 0 N–H and O–H groups in total. The zero-order chi connectivity index (χ0) is 21.7. The van der Waals surface area contributed by atoms with Crippen LogP contribution in [0.1, 0.15) is 36.0 Å². The van der Waals surface area contributed by atoms with Crippen LogP contribution in [0.15, 0.2) is 47.4 Å². The topological polar surface area (TPSA) is 116 Å². The van der Waals surface area contributed by atoms with E-state index in [1.165, 1.54) is 41.7 Å². The number of rotatable bonds is 6. The van der Waals surface area contributed by atoms with E-state index < -0.39 is 26.6 Å². The Kier molecular flexibility index (Phi) is 6.68. The highest BCUT2D eigenvalue weighted by atomic mass is 32.2. The van der Waals surface area contributed by atoms with Crippen molar-refractivity contribution in [2.75, 3.05) is 20.2 Å². The summed E-state index contributed by atoms with van der Waals surface area (Å²) in [6, 6.07) is 9.55. The van der Waals surface area contributed by atoms with E-state index in [9.17, 15) is 23.3 Å². The van der Waals surface area contributed by atoms with Crippen LogP contribution in [0.25, 0.3) is 0 Å². The first-order chi connectivity index (χ1) is 14.3. The molecular weight excluding hydrogens is 412 g/mol. The highest BCUT2D eigenvalue weighted by Crippen LogP contribution is 2.34. The van der Waals surface area contributed by atoms with Gasteiger partial charge in [0.2, 0.25) is 15.8 Å². The third-order valence-corrected chi connectivity index (χ3v) is 6.71. The smallest absolute Gasteiger partial charge is 0.337 e. The third kappa shape index (κ3) is 4.77. The zero-order valence-electron chi connectivity index (χ0n) is 16.4. The molecule has 1 fully saturated rings. The van der Waals surface area contributed by atoms with Crippen LogP contribution in [-0.4, -0.2) is 43.8 Å². The quantitative estimate of drug-likeness (QED) is 0.386. The maximum Gasteiger partial charge on any atom is 0.337 e. The molecule has 1 heterocycles. The first-order valence-electron chi connectivity index (χ1n) is 9.48. The maximum absolute atomic E-state index is 12.9. The molecule has 0 amide bonds. The first-order valence-corrected chi connectivity index (χ1v) is 10.9. The lowest BCUT2D eigenvalue weighted by molar-refractivity contribution is -0.385. The Morgan fingerprint density at radius 3 is 2.40 bits per heavy atom. The van der Waals surface area contributed by atoms with Crippen LogP contribution in [0.3, 0.4) is 0 Å². The van der Waals surface area contributed by atoms with Gasteiger partial charge in [0.15, 0.2) is 0 Å². The molecule has 0 bridgehead atoms. The van der Waals surface area contributed by atoms with E-state index in [4.69, 9.17) is 4.74 Å². The molecule has 0 radical (unpaired) electrons. The monoisotopic (exact) mass is 434 g/mol. The van der Waals surface area contributed by atoms with Gasteiger partial charge in [-0.25, -0.2) is 13.2 Å². The molecule has 2 aromatic rings. The van der Waals surface area contributed by atoms with Crippen LogP contribution in [0.4, 0.5) is 5.69 Å². The summed E-state index contributed by atoms with van der Waals surface area (Å²) in [5.74, 6) is -0.519. The Morgan fingerprint density at radius 2 is 1.77 bits per heavy atom. The molecule has 0 aliphatic carbocycles. The van der Waals surface area contributed by atoms with Crippen molar-refractivity contribution in [1.29, 1.82) is 0 Å². The summed E-state index contributed by atoms with van der Waals surface area (Å²) in [5.41, 5.74) is -0.257. The predicted octanol–water partition coefficient (Wildman–Crippen LogP) is 3.74. The summed E-state index contributed by atoms with van der Waals surface area (Å²) < 4.78 is 37.5. The SMILES string of the molecule is COC(=O)c1cccc(Oc2ccc(S(=O)(=O)N3CCCCCC3)cc2[N+](=O)[O-])c1. The van der Waals surface area contributed by atoms with Gasteiger partial charge in [-0.2, -0.15) is 4.31 Å². The molecule has 2 aromatic carbocycles. The number of methoxy groups -OCH3 is 1. The van der Waals surface area contributed by atoms with Crippen molar-refractivity contribution in [1.82, 2.24) is 4.31 Å². The number of hydrogen-bond acceptors (Lipinski definition) is 7. The lowest BCUT2D eigenvalue weighted by atomic mass is 10.2. The van der Waals surface area contributed by atoms with Gasteiger partial charge >= 0.3 is 11.7 Å². The lowest BCUT2D eigenvalue weighted by Gasteiger charge is -2.20. The molecule has 1 aliphatic heterocycles. The number of benzene rings is 2. The van der Waals surface area contributed by atoms with E-state index >= 15 is 0 Å². The Labute approximate surface area is 174 Å². The van der Waals surface area contributed by atoms with Crippen molar-refractivity contribution in [2.45, 2.75) is 30.6 Å². The van der Waals surface area contributed by atoms with Gasteiger partial charge in [-0.1, -0.05) is 18.9 Å². The normalized spacial score (nSPS) is 15.2. The number of esters is 1. The number of nitro groups is 1. The number of ether oxygens (including phenoxy) is 2. The van der Waals surface area contributed by atoms with E-state index in [0.29, 0.717) is 13.1 Å². The number of nitrogens with zero attached hydrogens (tertiary/aromatic N) is 2. The number of sulfonamides is 1. The minimum atomic E-state index is -3.84. The standard InChI is InChI=1S/C20H22N2O7S/c1-28-20(23)15-7-6-8-16(13-15)29-19-10-9-17(14-18(19)22(24)25)30(26,27)21-11-4-2-3-5-12-21/h6-10,13-14H,2-5,11-12H2,1H3. The number of hydrogen-bond donors (Lipinski definition) is 0. The second-order valence-corrected chi connectivity index (χ2v) is 8.76. The largest absolute Gasteiger partial charge is 0.465 e. The van der Waals surface area contributed by atoms with Crippen LogP contribution in [-0.2, 0) is 14.8 Å². The van der Waals surface area contributed by atoms with Crippen molar-refractivity contribution in [3.63, 3.8) is 0 Å². The second kappa shape index (κ2) is 9.23. The summed E-state index contributed by atoms with van der Waals surface area (Å²) in [5, 5.41) is 11.6. The molecule has 0 spiro atoms. The highest BCUT2D eigenvalue weighted by molar-refractivity contribution is 7.89. The molecule has 0 aromatic heterocycles. The minimum absolute atomic E-state index is 0.128. The number of carbonyl (C=O) groups excluding carboxylic acids is 1. The predicted molar refractivity (Wildman–Crippen MR) is 108 cm³/mol. The van der Waals surface area contributed by atoms with Gasteiger partial charge < -0.3 is 9.47 Å². The summed E-state index contributed by atoms with van der Waals surface area (Å²) in [4.78, 5) is 22.4. The van der Waals surface area contributed by atoms with E-state index in [2.05, 4.69) is 4.74 Å². The average Bonchev–Trinajstić information content (AvgIpc) is 3.03. The van der Waals surface area contributed by atoms with Crippen molar-refractivity contribution in [2.24, 2.45) is 0 Å². The van der Waals surface area contributed by atoms with Crippen molar-refractivity contribution in [3.05, 3.63) is 58.1 Å². The molecule has 9 nitrogen and oxygen atoms in total. The fraction of sp³-hybridized carbons (Fsp3) is 0.350. The van der Waals surface area contributed by atoms with Gasteiger partial charge in [0.25, 0.3) is 0 Å². The van der Waals surface area contributed by atoms with Crippen LogP contribution in [0, 0.1) is 10.1 Å². The van der Waals surface area contributed by atoms with Crippen LogP contribution >= 0.6 is 0 Å². The average molecular weight is 434 g/mol. The Bertz CT molecular complexity index is 1040. The van der Waals surface area contributed by atoms with Crippen molar-refractivity contribution >= 4 is 21.7 Å². The van der Waals surface area contributed by atoms with Crippen LogP contribution in [0.5, 0.6) is 11.5 Å². The zero-order valence-corrected chi connectivity index (χ0v) is 17.3. The maximum atomic E-state index is 12.9. The van der Waals surface area contributed by atoms with Gasteiger partial charge in [-0.3, -0.25) is 10.1 Å². The first kappa shape index (κ1) is 21.7. The molecule has 0 atom stereocenters. The Morgan fingerprint density at radius 1 is 1.07 bits per heavy atom. The second-order valence-electron chi connectivity index (χ2n) is 6.83. The van der Waals surface area contributed by atoms with E-state index in [1.807, 2.05) is 0 Å². The molecule has 0 saturated carbocycles. The van der Waals surface area contributed by atoms with Gasteiger partial charge in [-0.05, 0) is 43.2 Å².